The van der Waals surface area contributed by atoms with Gasteiger partial charge in [-0.3, -0.25) is 4.79 Å². The number of hydrogen-bond donors (Lipinski definition) is 2. The van der Waals surface area contributed by atoms with Gasteiger partial charge in [0.15, 0.2) is 5.78 Å². The molecule has 0 aliphatic heterocycles. The fourth-order valence-electron chi connectivity index (χ4n) is 2.15. The van der Waals surface area contributed by atoms with Crippen LogP contribution >= 0.6 is 0 Å². The predicted octanol–water partition coefficient (Wildman–Crippen LogP) is 4.09. The molecule has 3 heteroatoms. The first kappa shape index (κ1) is 15.8. The summed E-state index contributed by atoms with van der Waals surface area (Å²) in [5, 5.41) is 18.4. The zero-order chi connectivity index (χ0) is 15.8. The van der Waals surface area contributed by atoms with Crippen molar-refractivity contribution in [2.24, 2.45) is 0 Å². The van der Waals surface area contributed by atoms with Gasteiger partial charge in [-0.15, -0.1) is 0 Å². The van der Waals surface area contributed by atoms with Gasteiger partial charge in [-0.2, -0.15) is 0 Å². The topological polar surface area (TPSA) is 57.5 Å². The summed E-state index contributed by atoms with van der Waals surface area (Å²) < 4.78 is 0. The van der Waals surface area contributed by atoms with Crippen LogP contribution < -0.4 is 0 Å². The second-order valence-electron chi connectivity index (χ2n) is 5.26. The Morgan fingerprint density at radius 2 is 1.45 bits per heavy atom. The molecule has 22 heavy (non-hydrogen) atoms. The Hall–Kier alpha value is -2.55. The third kappa shape index (κ3) is 5.44. The van der Waals surface area contributed by atoms with Gasteiger partial charge in [-0.05, 0) is 60.7 Å². The Labute approximate surface area is 130 Å². The second kappa shape index (κ2) is 8.03. The molecular formula is C19H20O3. The highest BCUT2D eigenvalue weighted by atomic mass is 16.3. The van der Waals surface area contributed by atoms with E-state index in [0.717, 1.165) is 24.8 Å². The van der Waals surface area contributed by atoms with Gasteiger partial charge in [0.1, 0.15) is 11.5 Å². The lowest BCUT2D eigenvalue weighted by molar-refractivity contribution is -0.114. The molecule has 0 saturated heterocycles. The summed E-state index contributed by atoms with van der Waals surface area (Å²) in [6.45, 7) is 0. The molecule has 0 spiro atoms. The number of hydrogen-bond acceptors (Lipinski definition) is 3. The molecule has 0 aliphatic carbocycles. The normalized spacial score (nSPS) is 10.9. The van der Waals surface area contributed by atoms with Crippen molar-refractivity contribution in [2.45, 2.75) is 25.7 Å². The van der Waals surface area contributed by atoms with E-state index >= 15 is 0 Å². The third-order valence-electron chi connectivity index (χ3n) is 3.43. The molecule has 3 nitrogen and oxygen atoms in total. The second-order valence-corrected chi connectivity index (χ2v) is 5.26. The van der Waals surface area contributed by atoms with Gasteiger partial charge in [0, 0.05) is 6.42 Å². The van der Waals surface area contributed by atoms with E-state index in [9.17, 15) is 15.0 Å². The Morgan fingerprint density at radius 1 is 0.864 bits per heavy atom. The molecule has 0 heterocycles. The standard InChI is InChI=1S/C19H20O3/c20-17(10-7-16-8-13-19(22)14-9-16)4-2-1-3-15-5-11-18(21)12-6-15/h5-14,21-22H,1-4H2/b10-7+. The van der Waals surface area contributed by atoms with E-state index in [1.54, 1.807) is 48.6 Å². The number of carbonyl (C=O) groups is 1. The van der Waals surface area contributed by atoms with Gasteiger partial charge in [-0.1, -0.05) is 30.3 Å². The number of allylic oxidation sites excluding steroid dienone is 1. The van der Waals surface area contributed by atoms with E-state index in [1.807, 2.05) is 12.1 Å². The third-order valence-corrected chi connectivity index (χ3v) is 3.43. The largest absolute Gasteiger partial charge is 0.508 e. The Kier molecular flexibility index (Phi) is 5.78. The highest BCUT2D eigenvalue weighted by molar-refractivity contribution is 5.93. The zero-order valence-electron chi connectivity index (χ0n) is 12.4. The van der Waals surface area contributed by atoms with E-state index in [0.29, 0.717) is 6.42 Å². The van der Waals surface area contributed by atoms with E-state index in [1.165, 1.54) is 5.56 Å². The molecule has 0 radical (unpaired) electrons. The lowest BCUT2D eigenvalue weighted by atomic mass is 10.1. The first-order valence-corrected chi connectivity index (χ1v) is 7.41. The molecule has 2 aromatic rings. The van der Waals surface area contributed by atoms with Gasteiger partial charge < -0.3 is 10.2 Å². The molecule has 0 bridgehead atoms. The Morgan fingerprint density at radius 3 is 2.09 bits per heavy atom. The number of phenolic OH excluding ortho intramolecular Hbond substituents is 2. The minimum Gasteiger partial charge on any atom is -0.508 e. The summed E-state index contributed by atoms with van der Waals surface area (Å²) in [6.07, 6.45) is 6.60. The summed E-state index contributed by atoms with van der Waals surface area (Å²) in [7, 11) is 0. The van der Waals surface area contributed by atoms with Gasteiger partial charge in [-0.25, -0.2) is 0 Å². The van der Waals surface area contributed by atoms with E-state index in [-0.39, 0.29) is 17.3 Å². The van der Waals surface area contributed by atoms with Crippen LogP contribution in [0.25, 0.3) is 6.08 Å². The number of phenols is 2. The number of benzene rings is 2. The maximum atomic E-state index is 11.8. The van der Waals surface area contributed by atoms with Crippen LogP contribution in [0.4, 0.5) is 0 Å². The van der Waals surface area contributed by atoms with Crippen molar-refractivity contribution in [3.8, 4) is 11.5 Å². The first-order valence-electron chi connectivity index (χ1n) is 7.41. The molecule has 0 saturated carbocycles. The summed E-state index contributed by atoms with van der Waals surface area (Å²) >= 11 is 0. The smallest absolute Gasteiger partial charge is 0.155 e. The number of aromatic hydroxyl groups is 2. The SMILES string of the molecule is O=C(/C=C/c1ccc(O)cc1)CCCCc1ccc(O)cc1. The van der Waals surface area contributed by atoms with Gasteiger partial charge in [0.05, 0.1) is 0 Å². The maximum absolute atomic E-state index is 11.8. The van der Waals surface area contributed by atoms with Crippen molar-refractivity contribution in [2.75, 3.05) is 0 Å². The van der Waals surface area contributed by atoms with Crippen LogP contribution in [0.2, 0.25) is 0 Å². The number of rotatable bonds is 7. The minimum atomic E-state index is 0.110. The number of carbonyl (C=O) groups excluding carboxylic acids is 1. The van der Waals surface area contributed by atoms with Crippen LogP contribution in [0.1, 0.15) is 30.4 Å². The van der Waals surface area contributed by atoms with Crippen LogP contribution in [0.3, 0.4) is 0 Å². The maximum Gasteiger partial charge on any atom is 0.155 e. The van der Waals surface area contributed by atoms with Crippen LogP contribution in [0, 0.1) is 0 Å². The molecule has 0 amide bonds. The monoisotopic (exact) mass is 296 g/mol. The summed E-state index contributed by atoms with van der Waals surface area (Å²) in [6, 6.07) is 13.9. The average molecular weight is 296 g/mol. The summed E-state index contributed by atoms with van der Waals surface area (Å²) in [4.78, 5) is 11.8. The fourth-order valence-corrected chi connectivity index (χ4v) is 2.15. The summed E-state index contributed by atoms with van der Waals surface area (Å²) in [5.41, 5.74) is 2.07. The minimum absolute atomic E-state index is 0.110. The van der Waals surface area contributed by atoms with Crippen LogP contribution in [0.5, 0.6) is 11.5 Å². The molecule has 0 atom stereocenters. The lowest BCUT2D eigenvalue weighted by Crippen LogP contribution is -1.93. The summed E-state index contributed by atoms with van der Waals surface area (Å²) in [5.74, 6) is 0.606. The molecule has 0 unspecified atom stereocenters. The van der Waals surface area contributed by atoms with Crippen LogP contribution in [-0.2, 0) is 11.2 Å². The van der Waals surface area contributed by atoms with Crippen molar-refractivity contribution in [1.29, 1.82) is 0 Å². The number of ketones is 1. The molecule has 0 aromatic heterocycles. The molecule has 0 aliphatic rings. The van der Waals surface area contributed by atoms with Crippen LogP contribution in [0.15, 0.2) is 54.6 Å². The van der Waals surface area contributed by atoms with Crippen molar-refractivity contribution in [3.63, 3.8) is 0 Å². The molecule has 2 rings (SSSR count). The zero-order valence-corrected chi connectivity index (χ0v) is 12.4. The molecule has 114 valence electrons. The number of aryl methyl sites for hydroxylation is 1. The fraction of sp³-hybridized carbons (Fsp3) is 0.211. The van der Waals surface area contributed by atoms with Gasteiger partial charge >= 0.3 is 0 Å². The average Bonchev–Trinajstić information content (AvgIpc) is 2.53. The van der Waals surface area contributed by atoms with Crippen molar-refractivity contribution in [1.82, 2.24) is 0 Å². The molecule has 0 fully saturated rings. The van der Waals surface area contributed by atoms with E-state index < -0.39 is 0 Å². The quantitative estimate of drug-likeness (QED) is 0.597. The molecule has 2 aromatic carbocycles. The Balaban J connectivity index is 1.69. The highest BCUT2D eigenvalue weighted by Gasteiger charge is 1.99. The van der Waals surface area contributed by atoms with Crippen molar-refractivity contribution in [3.05, 3.63) is 65.7 Å². The van der Waals surface area contributed by atoms with Crippen molar-refractivity contribution < 1.29 is 15.0 Å². The highest BCUT2D eigenvalue weighted by Crippen LogP contribution is 2.13. The first-order chi connectivity index (χ1) is 10.6. The van der Waals surface area contributed by atoms with Crippen LogP contribution in [-0.4, -0.2) is 16.0 Å². The van der Waals surface area contributed by atoms with Crippen molar-refractivity contribution >= 4 is 11.9 Å². The lowest BCUT2D eigenvalue weighted by Gasteiger charge is -2.01. The van der Waals surface area contributed by atoms with Gasteiger partial charge in [0.25, 0.3) is 0 Å². The van der Waals surface area contributed by atoms with Gasteiger partial charge in [0.2, 0.25) is 0 Å². The van der Waals surface area contributed by atoms with E-state index in [2.05, 4.69) is 0 Å². The van der Waals surface area contributed by atoms with E-state index in [4.69, 9.17) is 0 Å². The molecular weight excluding hydrogens is 276 g/mol. The number of unbranched alkanes of at least 4 members (excludes halogenated alkanes) is 1. The predicted molar refractivity (Wildman–Crippen MR) is 87.8 cm³/mol. The Bertz CT molecular complexity index is 625. The molecule has 2 N–H and O–H groups in total.